The third kappa shape index (κ3) is 2.97. The molecule has 2 unspecified atom stereocenters. The Kier molecular flexibility index (Phi) is 4.06. The number of Topliss-reactive ketones (excluding diaryl/α,β-unsaturated/α-hetero) is 1. The van der Waals surface area contributed by atoms with Gasteiger partial charge in [0.15, 0.2) is 11.4 Å². The number of carboxylic acid groups (broad SMARTS) is 1. The molecule has 1 amide bonds. The van der Waals surface area contributed by atoms with E-state index in [4.69, 9.17) is 5.11 Å². The maximum atomic E-state index is 11.4. The molecule has 0 aromatic rings. The van der Waals surface area contributed by atoms with Crippen molar-refractivity contribution in [2.75, 3.05) is 0 Å². The van der Waals surface area contributed by atoms with Crippen molar-refractivity contribution in [3.8, 4) is 0 Å². The van der Waals surface area contributed by atoms with Gasteiger partial charge in [-0.05, 0) is 32.1 Å². The van der Waals surface area contributed by atoms with Crippen LogP contribution < -0.4 is 5.32 Å². The standard InChI is InChI=1S/C13H15NO5/c1-7(2)11(16)14-9-4-5-13(19,8(3)15)10(6-9)12(17)18/h4-6,10,19H,1H2,2-3H3,(H,14,16)(H,17,18). The van der Waals surface area contributed by atoms with Crippen molar-refractivity contribution in [2.24, 2.45) is 5.92 Å². The molecule has 2 atom stereocenters. The maximum Gasteiger partial charge on any atom is 0.314 e. The second kappa shape index (κ2) is 5.19. The minimum atomic E-state index is -2.09. The van der Waals surface area contributed by atoms with Crippen LogP contribution in [0.4, 0.5) is 0 Å². The van der Waals surface area contributed by atoms with Crippen LogP contribution in [0.15, 0.2) is 36.1 Å². The summed E-state index contributed by atoms with van der Waals surface area (Å²) in [6.07, 6.45) is 3.49. The van der Waals surface area contributed by atoms with E-state index in [2.05, 4.69) is 11.9 Å². The fraction of sp³-hybridized carbons (Fsp3) is 0.308. The van der Waals surface area contributed by atoms with Crippen LogP contribution in [0.2, 0.25) is 0 Å². The molecular weight excluding hydrogens is 250 g/mol. The normalized spacial score (nSPS) is 25.4. The second-order valence-corrected chi connectivity index (χ2v) is 4.39. The highest BCUT2D eigenvalue weighted by Crippen LogP contribution is 2.28. The number of carboxylic acids is 1. The van der Waals surface area contributed by atoms with Crippen molar-refractivity contribution < 1.29 is 24.6 Å². The van der Waals surface area contributed by atoms with Crippen molar-refractivity contribution >= 4 is 17.7 Å². The highest BCUT2D eigenvalue weighted by atomic mass is 16.4. The van der Waals surface area contributed by atoms with Gasteiger partial charge >= 0.3 is 5.97 Å². The zero-order valence-corrected chi connectivity index (χ0v) is 10.6. The molecule has 1 aliphatic carbocycles. The highest BCUT2D eigenvalue weighted by Gasteiger charge is 2.44. The Morgan fingerprint density at radius 1 is 1.37 bits per heavy atom. The molecule has 1 aliphatic rings. The van der Waals surface area contributed by atoms with Gasteiger partial charge in [0.1, 0.15) is 5.92 Å². The molecule has 102 valence electrons. The van der Waals surface area contributed by atoms with Crippen LogP contribution in [0.25, 0.3) is 0 Å². The first kappa shape index (κ1) is 14.8. The lowest BCUT2D eigenvalue weighted by Crippen LogP contribution is -2.47. The van der Waals surface area contributed by atoms with Gasteiger partial charge in [-0.25, -0.2) is 0 Å². The minimum Gasteiger partial charge on any atom is -0.481 e. The van der Waals surface area contributed by atoms with Crippen LogP contribution in [0.1, 0.15) is 13.8 Å². The zero-order valence-electron chi connectivity index (χ0n) is 10.6. The molecule has 0 aliphatic heterocycles. The molecule has 1 rings (SSSR count). The molecule has 0 radical (unpaired) electrons. The van der Waals surface area contributed by atoms with Gasteiger partial charge in [0.25, 0.3) is 5.91 Å². The van der Waals surface area contributed by atoms with Crippen LogP contribution in [0, 0.1) is 5.92 Å². The smallest absolute Gasteiger partial charge is 0.314 e. The summed E-state index contributed by atoms with van der Waals surface area (Å²) in [5.41, 5.74) is -1.64. The monoisotopic (exact) mass is 265 g/mol. The van der Waals surface area contributed by atoms with E-state index in [-0.39, 0.29) is 11.3 Å². The van der Waals surface area contributed by atoms with Gasteiger partial charge in [-0.3, -0.25) is 14.4 Å². The number of hydrogen-bond acceptors (Lipinski definition) is 4. The van der Waals surface area contributed by atoms with Gasteiger partial charge < -0.3 is 15.5 Å². The summed E-state index contributed by atoms with van der Waals surface area (Å²) in [6, 6.07) is 0. The van der Waals surface area contributed by atoms with E-state index in [9.17, 15) is 19.5 Å². The number of rotatable bonds is 4. The summed E-state index contributed by atoms with van der Waals surface area (Å²) in [5, 5.41) is 21.5. The quantitative estimate of drug-likeness (QED) is 0.628. The Hall–Kier alpha value is -2.21. The van der Waals surface area contributed by atoms with E-state index in [1.54, 1.807) is 0 Å². The summed E-state index contributed by atoms with van der Waals surface area (Å²) < 4.78 is 0. The lowest BCUT2D eigenvalue weighted by Gasteiger charge is -2.29. The molecule has 6 nitrogen and oxygen atoms in total. The van der Waals surface area contributed by atoms with Crippen molar-refractivity contribution in [1.82, 2.24) is 5.32 Å². The van der Waals surface area contributed by atoms with E-state index in [1.807, 2.05) is 0 Å². The molecule has 0 spiro atoms. The van der Waals surface area contributed by atoms with Gasteiger partial charge in [-0.1, -0.05) is 6.58 Å². The van der Waals surface area contributed by atoms with Crippen LogP contribution >= 0.6 is 0 Å². The van der Waals surface area contributed by atoms with E-state index >= 15 is 0 Å². The molecule has 0 heterocycles. The molecule has 0 aromatic heterocycles. The van der Waals surface area contributed by atoms with Crippen molar-refractivity contribution in [3.63, 3.8) is 0 Å². The third-order valence-corrected chi connectivity index (χ3v) is 2.81. The predicted molar refractivity (Wildman–Crippen MR) is 66.9 cm³/mol. The molecule has 0 saturated carbocycles. The average Bonchev–Trinajstić information content (AvgIpc) is 2.30. The molecule has 6 heteroatoms. The highest BCUT2D eigenvalue weighted by molar-refractivity contribution is 5.96. The SMILES string of the molecule is C=C(C)C(=O)NC1=CC(C(=O)O)C(O)(C(C)=O)C=C1. The number of allylic oxidation sites excluding steroid dienone is 1. The lowest BCUT2D eigenvalue weighted by atomic mass is 9.80. The number of nitrogens with one attached hydrogen (secondary N) is 1. The number of aliphatic hydroxyl groups is 1. The topological polar surface area (TPSA) is 104 Å². The van der Waals surface area contributed by atoms with E-state index in [0.29, 0.717) is 0 Å². The summed E-state index contributed by atoms with van der Waals surface area (Å²) in [5.74, 6) is -3.95. The molecular formula is C13H15NO5. The first-order chi connectivity index (χ1) is 8.68. The van der Waals surface area contributed by atoms with Gasteiger partial charge in [0.05, 0.1) is 0 Å². The number of ketones is 1. The molecule has 0 saturated heterocycles. The lowest BCUT2D eigenvalue weighted by molar-refractivity contribution is -0.152. The van der Waals surface area contributed by atoms with Crippen LogP contribution in [0.3, 0.4) is 0 Å². The fourth-order valence-electron chi connectivity index (χ4n) is 1.60. The Labute approximate surface area is 110 Å². The van der Waals surface area contributed by atoms with Crippen LogP contribution in [0.5, 0.6) is 0 Å². The minimum absolute atomic E-state index is 0.200. The predicted octanol–water partition coefficient (Wildman–Crippen LogP) is 0.153. The average molecular weight is 265 g/mol. The number of carbonyl (C=O) groups is 3. The Morgan fingerprint density at radius 3 is 2.37 bits per heavy atom. The Bertz CT molecular complexity index is 517. The number of hydrogen-bond donors (Lipinski definition) is 3. The summed E-state index contributed by atoms with van der Waals surface area (Å²) in [4.78, 5) is 33.9. The second-order valence-electron chi connectivity index (χ2n) is 4.39. The van der Waals surface area contributed by atoms with Crippen LogP contribution in [-0.4, -0.2) is 33.5 Å². The summed E-state index contributed by atoms with van der Waals surface area (Å²) in [6.45, 7) is 6.05. The Balaban J connectivity index is 3.06. The summed E-state index contributed by atoms with van der Waals surface area (Å²) in [7, 11) is 0. The molecule has 0 bridgehead atoms. The van der Waals surface area contributed by atoms with Crippen molar-refractivity contribution in [2.45, 2.75) is 19.4 Å². The van der Waals surface area contributed by atoms with E-state index in [1.165, 1.54) is 13.0 Å². The first-order valence-electron chi connectivity index (χ1n) is 5.52. The Morgan fingerprint density at radius 2 is 1.95 bits per heavy atom. The first-order valence-corrected chi connectivity index (χ1v) is 5.52. The number of amides is 1. The molecule has 0 aromatic carbocycles. The molecule has 19 heavy (non-hydrogen) atoms. The fourth-order valence-corrected chi connectivity index (χ4v) is 1.60. The van der Waals surface area contributed by atoms with Crippen molar-refractivity contribution in [3.05, 3.63) is 36.1 Å². The number of aliphatic carboxylic acids is 1. The van der Waals surface area contributed by atoms with Crippen LogP contribution in [-0.2, 0) is 14.4 Å². The van der Waals surface area contributed by atoms with Gasteiger partial charge in [0.2, 0.25) is 0 Å². The zero-order chi connectivity index (χ0) is 14.8. The van der Waals surface area contributed by atoms with E-state index < -0.39 is 29.2 Å². The molecule has 3 N–H and O–H groups in total. The van der Waals surface area contributed by atoms with Gasteiger partial charge in [-0.2, -0.15) is 0 Å². The largest absolute Gasteiger partial charge is 0.481 e. The van der Waals surface area contributed by atoms with E-state index in [0.717, 1.165) is 19.1 Å². The van der Waals surface area contributed by atoms with Crippen molar-refractivity contribution in [1.29, 1.82) is 0 Å². The van der Waals surface area contributed by atoms with Gasteiger partial charge in [0, 0.05) is 11.3 Å². The summed E-state index contributed by atoms with van der Waals surface area (Å²) >= 11 is 0. The maximum absolute atomic E-state index is 11.4. The molecule has 0 fully saturated rings. The third-order valence-electron chi connectivity index (χ3n) is 2.81. The number of carbonyl (C=O) groups excluding carboxylic acids is 2. The van der Waals surface area contributed by atoms with Gasteiger partial charge in [-0.15, -0.1) is 0 Å².